The standard InChI is InChI=1S/C28H25F3N2O3S/c1-5-32-27(34)19(2)18-33(20(3)25-11-6-7-12-26(25)28(29,30)31)23-15-13-21(14-16-23)22-9-8-10-24(17-22)37(4,35)36/h5-18H,1,3H2,2,4H3,(H,32,34)/b19-18+. The van der Waals surface area contributed by atoms with E-state index in [1.54, 1.807) is 42.5 Å². The molecule has 192 valence electrons. The summed E-state index contributed by atoms with van der Waals surface area (Å²) in [5.41, 5.74) is 0.991. The molecule has 0 fully saturated rings. The van der Waals surface area contributed by atoms with Crippen molar-refractivity contribution in [2.24, 2.45) is 0 Å². The molecule has 0 aliphatic heterocycles. The Morgan fingerprint density at radius 2 is 1.62 bits per heavy atom. The van der Waals surface area contributed by atoms with Crippen LogP contribution in [0.5, 0.6) is 0 Å². The predicted octanol–water partition coefficient (Wildman–Crippen LogP) is 6.42. The Labute approximate surface area is 214 Å². The van der Waals surface area contributed by atoms with Crippen molar-refractivity contribution in [1.82, 2.24) is 5.32 Å². The molecule has 3 aromatic carbocycles. The monoisotopic (exact) mass is 526 g/mol. The lowest BCUT2D eigenvalue weighted by atomic mass is 10.0. The Morgan fingerprint density at radius 3 is 2.22 bits per heavy atom. The Balaban J connectivity index is 2.10. The van der Waals surface area contributed by atoms with E-state index in [-0.39, 0.29) is 21.7 Å². The minimum atomic E-state index is -4.61. The number of hydrogen-bond acceptors (Lipinski definition) is 4. The zero-order valence-electron chi connectivity index (χ0n) is 20.2. The first-order valence-corrected chi connectivity index (χ1v) is 12.9. The summed E-state index contributed by atoms with van der Waals surface area (Å²) in [7, 11) is -3.40. The Hall–Kier alpha value is -4.11. The van der Waals surface area contributed by atoms with Gasteiger partial charge in [-0.3, -0.25) is 4.79 Å². The van der Waals surface area contributed by atoms with E-state index in [9.17, 15) is 26.4 Å². The van der Waals surface area contributed by atoms with Gasteiger partial charge in [-0.25, -0.2) is 8.42 Å². The normalized spacial score (nSPS) is 12.1. The topological polar surface area (TPSA) is 66.5 Å². The van der Waals surface area contributed by atoms with E-state index in [1.807, 2.05) is 0 Å². The number of anilines is 1. The fourth-order valence-electron chi connectivity index (χ4n) is 3.60. The maximum absolute atomic E-state index is 13.7. The molecule has 1 amide bonds. The van der Waals surface area contributed by atoms with E-state index in [2.05, 4.69) is 18.5 Å². The molecular formula is C28H25F3N2O3S. The SMILES string of the molecule is C=CNC(=O)/C(C)=C/N(C(=C)c1ccccc1C(F)(F)F)c1ccc(-c2cccc(S(C)(=O)=O)c2)cc1. The Bertz CT molecular complexity index is 1480. The van der Waals surface area contributed by atoms with Gasteiger partial charge in [-0.05, 0) is 54.6 Å². The predicted molar refractivity (Wildman–Crippen MR) is 140 cm³/mol. The Morgan fingerprint density at radius 1 is 0.973 bits per heavy atom. The fourth-order valence-corrected chi connectivity index (χ4v) is 4.27. The molecule has 1 N–H and O–H groups in total. The van der Waals surface area contributed by atoms with Gasteiger partial charge in [-0.1, -0.05) is 55.6 Å². The van der Waals surface area contributed by atoms with Crippen LogP contribution in [0.15, 0.2) is 109 Å². The third-order valence-electron chi connectivity index (χ3n) is 5.49. The highest BCUT2D eigenvalue weighted by Crippen LogP contribution is 2.37. The minimum absolute atomic E-state index is 0.00509. The average molecular weight is 527 g/mol. The first-order chi connectivity index (χ1) is 17.3. The summed E-state index contributed by atoms with van der Waals surface area (Å²) in [4.78, 5) is 13.9. The van der Waals surface area contributed by atoms with Crippen LogP contribution < -0.4 is 10.2 Å². The molecule has 0 spiro atoms. The third kappa shape index (κ3) is 6.56. The third-order valence-corrected chi connectivity index (χ3v) is 6.60. The molecule has 0 bridgehead atoms. The molecule has 5 nitrogen and oxygen atoms in total. The second kappa shape index (κ2) is 10.9. The summed E-state index contributed by atoms with van der Waals surface area (Å²) < 4.78 is 65.0. The van der Waals surface area contributed by atoms with Crippen molar-refractivity contribution in [3.63, 3.8) is 0 Å². The van der Waals surface area contributed by atoms with E-state index in [1.165, 1.54) is 48.5 Å². The van der Waals surface area contributed by atoms with Crippen LogP contribution in [0.2, 0.25) is 0 Å². The highest BCUT2D eigenvalue weighted by atomic mass is 32.2. The van der Waals surface area contributed by atoms with Gasteiger partial charge in [0, 0.05) is 35.0 Å². The molecule has 9 heteroatoms. The summed E-state index contributed by atoms with van der Waals surface area (Å²) in [6, 6.07) is 18.2. The van der Waals surface area contributed by atoms with E-state index in [0.717, 1.165) is 12.3 Å². The van der Waals surface area contributed by atoms with Gasteiger partial charge in [-0.15, -0.1) is 0 Å². The molecular weight excluding hydrogens is 501 g/mol. The van der Waals surface area contributed by atoms with Crippen LogP contribution in [0.4, 0.5) is 18.9 Å². The number of rotatable bonds is 8. The van der Waals surface area contributed by atoms with E-state index < -0.39 is 27.5 Å². The second-order valence-corrected chi connectivity index (χ2v) is 10.2. The zero-order chi connectivity index (χ0) is 27.4. The van der Waals surface area contributed by atoms with Crippen LogP contribution in [-0.2, 0) is 20.8 Å². The van der Waals surface area contributed by atoms with Crippen molar-refractivity contribution in [2.75, 3.05) is 11.2 Å². The lowest BCUT2D eigenvalue weighted by Gasteiger charge is -2.26. The van der Waals surface area contributed by atoms with Crippen LogP contribution in [0.1, 0.15) is 18.1 Å². The van der Waals surface area contributed by atoms with Crippen molar-refractivity contribution in [2.45, 2.75) is 18.0 Å². The maximum Gasteiger partial charge on any atom is 0.417 e. The Kier molecular flexibility index (Phi) is 8.08. The molecule has 0 unspecified atom stereocenters. The van der Waals surface area contributed by atoms with Crippen LogP contribution in [0, 0.1) is 0 Å². The summed E-state index contributed by atoms with van der Waals surface area (Å²) in [6.45, 7) is 8.88. The van der Waals surface area contributed by atoms with Gasteiger partial charge in [0.2, 0.25) is 0 Å². The van der Waals surface area contributed by atoms with Gasteiger partial charge in [-0.2, -0.15) is 13.2 Å². The van der Waals surface area contributed by atoms with Crippen LogP contribution in [0.25, 0.3) is 16.8 Å². The number of sulfone groups is 1. The number of amides is 1. The van der Waals surface area contributed by atoms with Gasteiger partial charge in [0.25, 0.3) is 5.91 Å². The first kappa shape index (κ1) is 27.5. The molecule has 0 saturated carbocycles. The number of alkyl halides is 3. The highest BCUT2D eigenvalue weighted by molar-refractivity contribution is 7.90. The van der Waals surface area contributed by atoms with Crippen molar-refractivity contribution in [3.05, 3.63) is 115 Å². The van der Waals surface area contributed by atoms with E-state index >= 15 is 0 Å². The van der Waals surface area contributed by atoms with Crippen LogP contribution in [-0.4, -0.2) is 20.6 Å². The summed E-state index contributed by atoms with van der Waals surface area (Å²) >= 11 is 0. The summed E-state index contributed by atoms with van der Waals surface area (Å²) in [5, 5.41) is 2.44. The number of carbonyl (C=O) groups excluding carboxylic acids is 1. The molecule has 3 rings (SSSR count). The molecule has 0 heterocycles. The highest BCUT2D eigenvalue weighted by Gasteiger charge is 2.34. The fraction of sp³-hybridized carbons (Fsp3) is 0.107. The number of nitrogens with zero attached hydrogens (tertiary/aromatic N) is 1. The molecule has 37 heavy (non-hydrogen) atoms. The van der Waals surface area contributed by atoms with E-state index in [4.69, 9.17) is 0 Å². The molecule has 0 radical (unpaired) electrons. The molecule has 3 aromatic rings. The van der Waals surface area contributed by atoms with Gasteiger partial charge < -0.3 is 10.2 Å². The molecule has 0 aliphatic rings. The van der Waals surface area contributed by atoms with E-state index in [0.29, 0.717) is 16.8 Å². The molecule has 0 saturated heterocycles. The van der Waals surface area contributed by atoms with Crippen molar-refractivity contribution in [3.8, 4) is 11.1 Å². The number of hydrogen-bond donors (Lipinski definition) is 1. The quantitative estimate of drug-likeness (QED) is 0.344. The summed E-state index contributed by atoms with van der Waals surface area (Å²) in [6.07, 6.45) is -0.891. The van der Waals surface area contributed by atoms with Crippen molar-refractivity contribution < 1.29 is 26.4 Å². The van der Waals surface area contributed by atoms with Crippen LogP contribution >= 0.6 is 0 Å². The number of benzene rings is 3. The number of halogens is 3. The second-order valence-electron chi connectivity index (χ2n) is 8.20. The van der Waals surface area contributed by atoms with Crippen molar-refractivity contribution >= 4 is 27.1 Å². The number of nitrogens with one attached hydrogen (secondary N) is 1. The van der Waals surface area contributed by atoms with Crippen LogP contribution in [0.3, 0.4) is 0 Å². The average Bonchev–Trinajstić information content (AvgIpc) is 2.86. The molecule has 0 aromatic heterocycles. The summed E-state index contributed by atoms with van der Waals surface area (Å²) in [5.74, 6) is -0.480. The first-order valence-electron chi connectivity index (χ1n) is 11.0. The largest absolute Gasteiger partial charge is 0.417 e. The zero-order valence-corrected chi connectivity index (χ0v) is 21.0. The number of carbonyl (C=O) groups is 1. The molecule has 0 aliphatic carbocycles. The maximum atomic E-state index is 13.7. The lowest BCUT2D eigenvalue weighted by molar-refractivity contribution is -0.137. The van der Waals surface area contributed by atoms with Gasteiger partial charge >= 0.3 is 6.18 Å². The van der Waals surface area contributed by atoms with Crippen molar-refractivity contribution in [1.29, 1.82) is 0 Å². The van der Waals surface area contributed by atoms with Gasteiger partial charge in [0.15, 0.2) is 9.84 Å². The van der Waals surface area contributed by atoms with Gasteiger partial charge in [0.1, 0.15) is 0 Å². The minimum Gasteiger partial charge on any atom is -0.329 e. The lowest BCUT2D eigenvalue weighted by Crippen LogP contribution is -2.22. The smallest absolute Gasteiger partial charge is 0.329 e. The molecule has 0 atom stereocenters. The van der Waals surface area contributed by atoms with Gasteiger partial charge in [0.05, 0.1) is 10.5 Å².